The monoisotopic (exact) mass is 544 g/mol. The molecule has 1 saturated heterocycles. The molecule has 1 atom stereocenters. The van der Waals surface area contributed by atoms with Gasteiger partial charge in [-0.05, 0) is 73.1 Å². The first-order valence-corrected chi connectivity index (χ1v) is 15.4. The molecule has 2 saturated carbocycles. The molecule has 0 bridgehead atoms. The summed E-state index contributed by atoms with van der Waals surface area (Å²) in [5, 5.41) is 13.8. The predicted molar refractivity (Wildman–Crippen MR) is 158 cm³/mol. The van der Waals surface area contributed by atoms with Gasteiger partial charge in [-0.15, -0.1) is 0 Å². The van der Waals surface area contributed by atoms with Gasteiger partial charge in [0.05, 0.1) is 6.17 Å². The van der Waals surface area contributed by atoms with E-state index < -0.39 is 5.60 Å². The first-order valence-electron chi connectivity index (χ1n) is 15.4. The molecule has 1 unspecified atom stereocenters. The number of rotatable bonds is 3. The smallest absolute Gasteiger partial charge is 0.254 e. The first kappa shape index (κ1) is 27.3. The van der Waals surface area contributed by atoms with Crippen molar-refractivity contribution >= 4 is 17.5 Å². The first-order chi connectivity index (χ1) is 19.4. The second kappa shape index (κ2) is 11.2. The minimum absolute atomic E-state index is 0.00554. The number of hydrogen-bond donors (Lipinski definition) is 3. The van der Waals surface area contributed by atoms with Gasteiger partial charge in [0.15, 0.2) is 0 Å². The molecule has 7 heteroatoms. The van der Waals surface area contributed by atoms with Gasteiger partial charge in [0.25, 0.3) is 11.8 Å². The average molecular weight is 545 g/mol. The van der Waals surface area contributed by atoms with Crippen LogP contribution in [0.15, 0.2) is 42.5 Å². The third-order valence-corrected chi connectivity index (χ3v) is 9.91. The molecule has 6 rings (SSSR count). The Morgan fingerprint density at radius 2 is 1.35 bits per heavy atom. The maximum absolute atomic E-state index is 13.2. The van der Waals surface area contributed by atoms with E-state index in [1.54, 1.807) is 4.90 Å². The van der Waals surface area contributed by atoms with Crippen LogP contribution in [0.2, 0.25) is 0 Å². The van der Waals surface area contributed by atoms with E-state index in [0.717, 1.165) is 23.2 Å². The molecule has 2 heterocycles. The summed E-state index contributed by atoms with van der Waals surface area (Å²) >= 11 is 0. The minimum Gasteiger partial charge on any atom is -0.380 e. The lowest BCUT2D eigenvalue weighted by molar-refractivity contribution is -0.143. The molecule has 2 aromatic carbocycles. The molecule has 1 spiro atoms. The Morgan fingerprint density at radius 1 is 0.775 bits per heavy atom. The van der Waals surface area contributed by atoms with Crippen molar-refractivity contribution in [1.29, 1.82) is 0 Å². The molecule has 0 radical (unpaired) electrons. The number of piperazine rings is 1. The fourth-order valence-electron chi connectivity index (χ4n) is 7.05. The Labute approximate surface area is 238 Å². The van der Waals surface area contributed by atoms with Crippen molar-refractivity contribution in [3.63, 3.8) is 0 Å². The third-order valence-electron chi connectivity index (χ3n) is 9.91. The topological polar surface area (TPSA) is 98.9 Å². The zero-order valence-corrected chi connectivity index (χ0v) is 23.7. The maximum Gasteiger partial charge on any atom is 0.254 e. The van der Waals surface area contributed by atoms with Crippen LogP contribution >= 0.6 is 0 Å². The zero-order valence-electron chi connectivity index (χ0n) is 23.7. The van der Waals surface area contributed by atoms with E-state index in [0.29, 0.717) is 44.6 Å². The van der Waals surface area contributed by atoms with Gasteiger partial charge in [0.2, 0.25) is 0 Å². The molecule has 40 heavy (non-hydrogen) atoms. The molecule has 2 amide bonds. The molecule has 2 aromatic rings. The molecule has 0 aromatic heterocycles. The number of fused-ring (bicyclic) bond motifs is 1. The van der Waals surface area contributed by atoms with Gasteiger partial charge in [0, 0.05) is 42.8 Å². The van der Waals surface area contributed by atoms with Crippen molar-refractivity contribution < 1.29 is 14.7 Å². The van der Waals surface area contributed by atoms with Gasteiger partial charge < -0.3 is 26.0 Å². The van der Waals surface area contributed by atoms with Crippen molar-refractivity contribution in [3.8, 4) is 11.1 Å². The van der Waals surface area contributed by atoms with Crippen LogP contribution < -0.4 is 11.1 Å². The summed E-state index contributed by atoms with van der Waals surface area (Å²) in [6.45, 7) is 1.92. The fourth-order valence-corrected chi connectivity index (χ4v) is 7.05. The van der Waals surface area contributed by atoms with Gasteiger partial charge >= 0.3 is 0 Å². The highest BCUT2D eigenvalue weighted by molar-refractivity contribution is 5.95. The Hall–Kier alpha value is -2.90. The molecule has 7 nitrogen and oxygen atoms in total. The number of nitrogens with one attached hydrogen (secondary N) is 1. The molecule has 2 aliphatic carbocycles. The summed E-state index contributed by atoms with van der Waals surface area (Å²) in [6.07, 6.45) is 13.7. The molecular weight excluding hydrogens is 500 g/mol. The molecular formula is C33H44N4O3. The number of amides is 2. The van der Waals surface area contributed by atoms with Gasteiger partial charge in [0.1, 0.15) is 5.60 Å². The van der Waals surface area contributed by atoms with Crippen molar-refractivity contribution in [2.75, 3.05) is 31.5 Å². The van der Waals surface area contributed by atoms with Crippen LogP contribution in [0.3, 0.4) is 0 Å². The minimum atomic E-state index is -1.14. The molecule has 4 N–H and O–H groups in total. The van der Waals surface area contributed by atoms with Gasteiger partial charge in [-0.2, -0.15) is 0 Å². The summed E-state index contributed by atoms with van der Waals surface area (Å²) < 4.78 is 0. The number of nitrogens with zero attached hydrogens (tertiary/aromatic N) is 2. The lowest BCUT2D eigenvalue weighted by Crippen LogP contribution is -2.53. The summed E-state index contributed by atoms with van der Waals surface area (Å²) in [6, 6.07) is 14.5. The lowest BCUT2D eigenvalue weighted by atomic mass is 9.68. The van der Waals surface area contributed by atoms with E-state index in [9.17, 15) is 14.7 Å². The molecule has 4 aliphatic rings. The van der Waals surface area contributed by atoms with Crippen LogP contribution in [0.25, 0.3) is 11.1 Å². The summed E-state index contributed by atoms with van der Waals surface area (Å²) in [5.41, 5.74) is 11.2. The number of nitrogens with two attached hydrogens (primary N) is 1. The normalized spacial score (nSPS) is 24.1. The van der Waals surface area contributed by atoms with Gasteiger partial charge in [-0.3, -0.25) is 9.59 Å². The number of aliphatic hydroxyl groups is 1. The van der Waals surface area contributed by atoms with Gasteiger partial charge in [-0.25, -0.2) is 0 Å². The molecule has 2 aliphatic heterocycles. The van der Waals surface area contributed by atoms with Crippen LogP contribution in [-0.4, -0.2) is 64.7 Å². The second-order valence-corrected chi connectivity index (χ2v) is 12.7. The van der Waals surface area contributed by atoms with Crippen molar-refractivity contribution in [3.05, 3.63) is 53.6 Å². The number of carbonyl (C=O) groups excluding carboxylic acids is 2. The second-order valence-electron chi connectivity index (χ2n) is 12.7. The highest BCUT2D eigenvalue weighted by Gasteiger charge is 2.50. The Balaban J connectivity index is 1.12. The van der Waals surface area contributed by atoms with E-state index in [4.69, 9.17) is 5.73 Å². The quantitative estimate of drug-likeness (QED) is 0.509. The van der Waals surface area contributed by atoms with E-state index in [1.807, 2.05) is 29.2 Å². The Bertz CT molecular complexity index is 1220. The highest BCUT2D eigenvalue weighted by atomic mass is 16.3. The van der Waals surface area contributed by atoms with E-state index >= 15 is 0 Å². The van der Waals surface area contributed by atoms with Gasteiger partial charge in [-0.1, -0.05) is 63.1 Å². The lowest BCUT2D eigenvalue weighted by Gasteiger charge is -2.45. The summed E-state index contributed by atoms with van der Waals surface area (Å²) in [7, 11) is 0. The van der Waals surface area contributed by atoms with E-state index in [-0.39, 0.29) is 23.4 Å². The molecule has 3 fully saturated rings. The third kappa shape index (κ3) is 5.51. The van der Waals surface area contributed by atoms with Crippen LogP contribution in [0, 0.1) is 5.41 Å². The largest absolute Gasteiger partial charge is 0.380 e. The fraction of sp³-hybridized carbons (Fsp3) is 0.576. The zero-order chi connectivity index (χ0) is 27.7. The van der Waals surface area contributed by atoms with Crippen molar-refractivity contribution in [1.82, 2.24) is 9.80 Å². The number of carbonyl (C=O) groups is 2. The maximum atomic E-state index is 13.2. The van der Waals surface area contributed by atoms with E-state index in [2.05, 4.69) is 23.5 Å². The van der Waals surface area contributed by atoms with Crippen LogP contribution in [0.5, 0.6) is 0 Å². The van der Waals surface area contributed by atoms with Crippen molar-refractivity contribution in [2.24, 2.45) is 11.1 Å². The Morgan fingerprint density at radius 3 is 1.98 bits per heavy atom. The van der Waals surface area contributed by atoms with E-state index in [1.165, 1.54) is 63.4 Å². The average Bonchev–Trinajstić information content (AvgIpc) is 3.74. The van der Waals surface area contributed by atoms with Crippen molar-refractivity contribution in [2.45, 2.75) is 88.8 Å². The van der Waals surface area contributed by atoms with Crippen LogP contribution in [-0.2, 0) is 11.2 Å². The number of anilines is 1. The number of hydrogen-bond acceptors (Lipinski definition) is 5. The van der Waals surface area contributed by atoms with Crippen LogP contribution in [0.4, 0.5) is 5.69 Å². The summed E-state index contributed by atoms with van der Waals surface area (Å²) in [4.78, 5) is 29.1. The predicted octanol–water partition coefficient (Wildman–Crippen LogP) is 4.93. The summed E-state index contributed by atoms with van der Waals surface area (Å²) in [5.74, 6) is -0.192. The van der Waals surface area contributed by atoms with Crippen LogP contribution in [0.1, 0.15) is 86.6 Å². The SMILES string of the molecule is NC1Nc2ccc(-c3ccc(C(=O)N4CCN(C(=O)C5(O)CC5)CC4)cc3)cc2CC12CCCCCCCCC2. The Kier molecular flexibility index (Phi) is 7.62. The molecule has 214 valence electrons. The highest BCUT2D eigenvalue weighted by Crippen LogP contribution is 2.44. The standard InChI is InChI=1S/C33H44N4O3/c34-30-32(14-6-4-2-1-3-5-7-15-32)23-27-22-26(12-13-28(27)35-30)24-8-10-25(11-9-24)29(38)36-18-20-37(21-19-36)31(39)33(40)16-17-33/h8-13,22,30,35,40H,1-7,14-21,23,34H2. The number of benzene rings is 2.